The number of fused-ring (bicyclic) bond motifs is 1. The number of pyridine rings is 1. The number of amides is 1. The van der Waals surface area contributed by atoms with Crippen LogP contribution in [-0.2, 0) is 11.3 Å². The molecule has 9 nitrogen and oxygen atoms in total. The van der Waals surface area contributed by atoms with Crippen LogP contribution in [0, 0.1) is 0 Å². The van der Waals surface area contributed by atoms with Gasteiger partial charge in [-0.1, -0.05) is 24.3 Å². The van der Waals surface area contributed by atoms with Crippen LogP contribution in [0.25, 0.3) is 32.3 Å². The third-order valence-corrected chi connectivity index (χ3v) is 6.45. The molecule has 1 aromatic carbocycles. The minimum Gasteiger partial charge on any atom is -0.480 e. The van der Waals surface area contributed by atoms with Crippen molar-refractivity contribution in [1.82, 2.24) is 19.7 Å². The summed E-state index contributed by atoms with van der Waals surface area (Å²) in [4.78, 5) is 29.4. The number of rotatable bonds is 7. The van der Waals surface area contributed by atoms with Gasteiger partial charge in [0.05, 0.1) is 23.1 Å². The molecule has 10 heteroatoms. The van der Waals surface area contributed by atoms with Gasteiger partial charge in [-0.05, 0) is 25.2 Å². The van der Waals surface area contributed by atoms with E-state index in [1.165, 1.54) is 11.3 Å². The van der Waals surface area contributed by atoms with Gasteiger partial charge >= 0.3 is 5.97 Å². The highest BCUT2D eigenvalue weighted by Gasteiger charge is 2.21. The third-order valence-electron chi connectivity index (χ3n) is 5.29. The molecular weight excluding hydrogens is 428 g/mol. The number of hydrogen-bond acceptors (Lipinski definition) is 7. The first-order valence-corrected chi connectivity index (χ1v) is 10.6. The van der Waals surface area contributed by atoms with Crippen LogP contribution >= 0.6 is 11.3 Å². The summed E-state index contributed by atoms with van der Waals surface area (Å²) in [6.45, 7) is 0.244. The molecule has 3 heterocycles. The number of carboxylic acid groups (broad SMARTS) is 1. The summed E-state index contributed by atoms with van der Waals surface area (Å²) in [6.07, 6.45) is 6.93. The van der Waals surface area contributed by atoms with Crippen LogP contribution in [0.4, 0.5) is 5.69 Å². The molecule has 0 bridgehead atoms. The Morgan fingerprint density at radius 3 is 2.44 bits per heavy atom. The van der Waals surface area contributed by atoms with Crippen molar-refractivity contribution >= 4 is 39.0 Å². The number of hydrogen-bond donors (Lipinski definition) is 3. The fourth-order valence-electron chi connectivity index (χ4n) is 3.57. The topological polar surface area (TPSA) is 140 Å². The van der Waals surface area contributed by atoms with E-state index in [4.69, 9.17) is 11.5 Å². The van der Waals surface area contributed by atoms with Crippen molar-refractivity contribution in [2.75, 3.05) is 19.8 Å². The standard InChI is InChI=1S/C22H22N6O3S/c1-27(2)16(22(30)31)11-28-10-14(7-26-28)12-3-5-13(6-4-12)15-8-25-9-17-18(15)19(23)20(32-17)21(24)29/h3-10,16H,11,23H2,1-2H3,(H2,24,29)(H,30,31). The predicted molar refractivity (Wildman–Crippen MR) is 124 cm³/mol. The van der Waals surface area contributed by atoms with E-state index in [1.54, 1.807) is 42.3 Å². The second kappa shape index (κ2) is 8.40. The van der Waals surface area contributed by atoms with E-state index in [-0.39, 0.29) is 6.54 Å². The van der Waals surface area contributed by atoms with E-state index in [0.29, 0.717) is 10.6 Å². The van der Waals surface area contributed by atoms with E-state index >= 15 is 0 Å². The van der Waals surface area contributed by atoms with Gasteiger partial charge in [-0.15, -0.1) is 11.3 Å². The fourth-order valence-corrected chi connectivity index (χ4v) is 4.54. The van der Waals surface area contributed by atoms with Crippen LogP contribution in [-0.4, -0.2) is 56.8 Å². The summed E-state index contributed by atoms with van der Waals surface area (Å²) >= 11 is 1.23. The monoisotopic (exact) mass is 450 g/mol. The summed E-state index contributed by atoms with van der Waals surface area (Å²) in [5.41, 5.74) is 15.6. The van der Waals surface area contributed by atoms with Crippen molar-refractivity contribution in [3.63, 3.8) is 0 Å². The zero-order valence-electron chi connectivity index (χ0n) is 17.5. The van der Waals surface area contributed by atoms with Crippen molar-refractivity contribution in [3.8, 4) is 22.3 Å². The van der Waals surface area contributed by atoms with Crippen molar-refractivity contribution < 1.29 is 14.7 Å². The fraction of sp³-hybridized carbons (Fsp3) is 0.182. The van der Waals surface area contributed by atoms with Crippen molar-refractivity contribution in [3.05, 3.63) is 53.9 Å². The highest BCUT2D eigenvalue weighted by Crippen LogP contribution is 2.39. The number of nitrogens with zero attached hydrogens (tertiary/aromatic N) is 4. The number of carbonyl (C=O) groups excluding carboxylic acids is 1. The van der Waals surface area contributed by atoms with Gasteiger partial charge in [-0.25, -0.2) is 0 Å². The number of nitrogens with two attached hydrogens (primary N) is 2. The summed E-state index contributed by atoms with van der Waals surface area (Å²) in [6, 6.07) is 7.13. The highest BCUT2D eigenvalue weighted by molar-refractivity contribution is 7.21. The van der Waals surface area contributed by atoms with Crippen molar-refractivity contribution in [1.29, 1.82) is 0 Å². The Balaban J connectivity index is 1.63. The van der Waals surface area contributed by atoms with Gasteiger partial charge in [0.2, 0.25) is 0 Å². The van der Waals surface area contributed by atoms with E-state index in [0.717, 1.165) is 32.3 Å². The molecule has 3 aromatic heterocycles. The molecule has 0 spiro atoms. The molecule has 0 aliphatic heterocycles. The molecule has 32 heavy (non-hydrogen) atoms. The Bertz CT molecular complexity index is 1310. The first-order valence-electron chi connectivity index (χ1n) is 9.74. The first kappa shape index (κ1) is 21.5. The minimum absolute atomic E-state index is 0.244. The molecule has 0 saturated heterocycles. The lowest BCUT2D eigenvalue weighted by molar-refractivity contribution is -0.142. The molecule has 0 fully saturated rings. The number of carboxylic acids is 1. The molecule has 0 radical (unpaired) electrons. The van der Waals surface area contributed by atoms with Crippen molar-refractivity contribution in [2.45, 2.75) is 12.6 Å². The summed E-state index contributed by atoms with van der Waals surface area (Å²) in [5.74, 6) is -1.45. The van der Waals surface area contributed by atoms with Crippen molar-refractivity contribution in [2.24, 2.45) is 5.73 Å². The molecule has 5 N–H and O–H groups in total. The number of aromatic nitrogens is 3. The van der Waals surface area contributed by atoms with Gasteiger partial charge in [-0.2, -0.15) is 5.10 Å². The van der Waals surface area contributed by atoms with Gasteiger partial charge < -0.3 is 16.6 Å². The zero-order chi connectivity index (χ0) is 23.0. The molecular formula is C22H22N6O3S. The quantitative estimate of drug-likeness (QED) is 0.393. The molecule has 0 aliphatic carbocycles. The first-order chi connectivity index (χ1) is 15.3. The molecule has 1 amide bonds. The summed E-state index contributed by atoms with van der Waals surface area (Å²) in [5, 5.41) is 14.4. The summed E-state index contributed by atoms with van der Waals surface area (Å²) in [7, 11) is 3.45. The average Bonchev–Trinajstić information content (AvgIpc) is 3.36. The number of anilines is 1. The SMILES string of the molecule is CN(C)C(Cn1cc(-c2ccc(-c3cncc4sc(C(N)=O)c(N)c34)cc2)cn1)C(=O)O. The molecule has 0 saturated carbocycles. The Hall–Kier alpha value is -3.76. The normalized spacial score (nSPS) is 12.3. The van der Waals surface area contributed by atoms with E-state index in [9.17, 15) is 14.7 Å². The Morgan fingerprint density at radius 2 is 1.81 bits per heavy atom. The smallest absolute Gasteiger partial charge is 0.322 e. The minimum atomic E-state index is -0.897. The van der Waals surface area contributed by atoms with Gasteiger partial charge in [-0.3, -0.25) is 24.2 Å². The van der Waals surface area contributed by atoms with Gasteiger partial charge in [0.15, 0.2) is 0 Å². The lowest BCUT2D eigenvalue weighted by atomic mass is 10.00. The number of thiophene rings is 1. The maximum atomic E-state index is 11.7. The lowest BCUT2D eigenvalue weighted by Crippen LogP contribution is -2.39. The number of nitrogen functional groups attached to an aromatic ring is 1. The van der Waals surface area contributed by atoms with E-state index < -0.39 is 17.9 Å². The molecule has 1 atom stereocenters. The van der Waals surface area contributed by atoms with E-state index in [2.05, 4.69) is 10.1 Å². The number of carbonyl (C=O) groups is 2. The number of benzene rings is 1. The van der Waals surface area contributed by atoms with Crippen LogP contribution < -0.4 is 11.5 Å². The summed E-state index contributed by atoms with van der Waals surface area (Å²) < 4.78 is 2.43. The molecule has 4 aromatic rings. The van der Waals surface area contributed by atoms with Gasteiger partial charge in [0.25, 0.3) is 5.91 Å². The second-order valence-electron chi connectivity index (χ2n) is 7.62. The van der Waals surface area contributed by atoms with Crippen LogP contribution in [0.5, 0.6) is 0 Å². The Labute approximate surface area is 187 Å². The largest absolute Gasteiger partial charge is 0.480 e. The lowest BCUT2D eigenvalue weighted by Gasteiger charge is -2.19. The average molecular weight is 451 g/mol. The molecule has 0 aliphatic rings. The van der Waals surface area contributed by atoms with Gasteiger partial charge in [0, 0.05) is 35.1 Å². The molecule has 164 valence electrons. The van der Waals surface area contributed by atoms with Crippen LogP contribution in [0.15, 0.2) is 49.1 Å². The third kappa shape index (κ3) is 3.93. The second-order valence-corrected chi connectivity index (χ2v) is 8.67. The number of primary amides is 1. The van der Waals surface area contributed by atoms with Crippen LogP contribution in [0.3, 0.4) is 0 Å². The predicted octanol–water partition coefficient (Wildman–Crippen LogP) is 2.52. The van der Waals surface area contributed by atoms with Crippen LogP contribution in [0.2, 0.25) is 0 Å². The number of aliphatic carboxylic acids is 1. The molecule has 4 rings (SSSR count). The highest BCUT2D eigenvalue weighted by atomic mass is 32.1. The van der Waals surface area contributed by atoms with Crippen LogP contribution in [0.1, 0.15) is 9.67 Å². The van der Waals surface area contributed by atoms with Gasteiger partial charge in [0.1, 0.15) is 10.9 Å². The molecule has 1 unspecified atom stereocenters. The zero-order valence-corrected chi connectivity index (χ0v) is 18.3. The number of likely N-dealkylation sites (N-methyl/N-ethyl adjacent to an activating group) is 1. The maximum absolute atomic E-state index is 11.7. The van der Waals surface area contributed by atoms with E-state index in [1.807, 2.05) is 30.5 Å². The Kier molecular flexibility index (Phi) is 5.64. The Morgan fingerprint density at radius 1 is 1.12 bits per heavy atom. The maximum Gasteiger partial charge on any atom is 0.322 e.